The monoisotopic (exact) mass is 345 g/mol. The standard InChI is InChI=1S/C23H23NO2/c1-17(12-15-22(25)24(2)21-10-4-3-5-11-21)23(26)20-14-13-18-8-6-7-9-19(18)16-20/h3-11,13-14,16-17H,12,15H2,1-2H3/t17-/m0/s1. The van der Waals surface area contributed by atoms with Crippen LogP contribution in [-0.4, -0.2) is 18.7 Å². The lowest BCUT2D eigenvalue weighted by Crippen LogP contribution is -2.27. The Morgan fingerprint density at radius 3 is 2.27 bits per heavy atom. The van der Waals surface area contributed by atoms with Crippen LogP contribution in [0.2, 0.25) is 0 Å². The van der Waals surface area contributed by atoms with Gasteiger partial charge in [-0.05, 0) is 35.4 Å². The van der Waals surface area contributed by atoms with E-state index in [1.165, 1.54) is 0 Å². The zero-order chi connectivity index (χ0) is 18.5. The molecule has 0 saturated carbocycles. The lowest BCUT2D eigenvalue weighted by molar-refractivity contribution is -0.118. The van der Waals surface area contributed by atoms with Crippen LogP contribution in [0.25, 0.3) is 10.8 Å². The lowest BCUT2D eigenvalue weighted by atomic mass is 9.93. The molecule has 0 aliphatic heterocycles. The van der Waals surface area contributed by atoms with Gasteiger partial charge in [-0.2, -0.15) is 0 Å². The number of benzene rings is 3. The molecular weight excluding hydrogens is 322 g/mol. The van der Waals surface area contributed by atoms with Crippen molar-refractivity contribution in [3.63, 3.8) is 0 Å². The number of nitrogens with zero attached hydrogens (tertiary/aromatic N) is 1. The zero-order valence-electron chi connectivity index (χ0n) is 15.2. The molecule has 1 amide bonds. The van der Waals surface area contributed by atoms with Gasteiger partial charge in [0.15, 0.2) is 5.78 Å². The number of fused-ring (bicyclic) bond motifs is 1. The van der Waals surface area contributed by atoms with Crippen LogP contribution in [0.15, 0.2) is 72.8 Å². The fourth-order valence-electron chi connectivity index (χ4n) is 3.06. The summed E-state index contributed by atoms with van der Waals surface area (Å²) in [7, 11) is 1.77. The molecule has 0 radical (unpaired) electrons. The van der Waals surface area contributed by atoms with Gasteiger partial charge in [-0.25, -0.2) is 0 Å². The highest BCUT2D eigenvalue weighted by atomic mass is 16.2. The molecule has 0 heterocycles. The van der Waals surface area contributed by atoms with Gasteiger partial charge in [0.2, 0.25) is 5.91 Å². The first-order chi connectivity index (χ1) is 12.6. The molecule has 3 aromatic rings. The van der Waals surface area contributed by atoms with Crippen molar-refractivity contribution >= 4 is 28.2 Å². The summed E-state index contributed by atoms with van der Waals surface area (Å²) >= 11 is 0. The predicted molar refractivity (Wildman–Crippen MR) is 107 cm³/mol. The van der Waals surface area contributed by atoms with Crippen LogP contribution >= 0.6 is 0 Å². The molecule has 26 heavy (non-hydrogen) atoms. The normalized spacial score (nSPS) is 11.9. The Morgan fingerprint density at radius 2 is 1.54 bits per heavy atom. The van der Waals surface area contributed by atoms with E-state index in [2.05, 4.69) is 0 Å². The van der Waals surface area contributed by atoms with E-state index in [1.54, 1.807) is 11.9 Å². The molecule has 0 spiro atoms. The van der Waals surface area contributed by atoms with Crippen LogP contribution in [0.4, 0.5) is 5.69 Å². The first kappa shape index (κ1) is 17.9. The Labute approximate surface area is 154 Å². The van der Waals surface area contributed by atoms with Crippen LogP contribution in [-0.2, 0) is 4.79 Å². The van der Waals surface area contributed by atoms with Gasteiger partial charge in [0, 0.05) is 30.6 Å². The Morgan fingerprint density at radius 1 is 0.885 bits per heavy atom. The molecule has 0 unspecified atom stereocenters. The molecule has 0 aromatic heterocycles. The number of rotatable bonds is 6. The highest BCUT2D eigenvalue weighted by Crippen LogP contribution is 2.21. The first-order valence-corrected chi connectivity index (χ1v) is 8.91. The smallest absolute Gasteiger partial charge is 0.226 e. The molecule has 0 fully saturated rings. The number of ketones is 1. The van der Waals surface area contributed by atoms with Gasteiger partial charge >= 0.3 is 0 Å². The fourth-order valence-corrected chi connectivity index (χ4v) is 3.06. The molecule has 3 rings (SSSR count). The Balaban J connectivity index is 1.62. The van der Waals surface area contributed by atoms with Crippen molar-refractivity contribution in [2.24, 2.45) is 5.92 Å². The number of amides is 1. The molecular formula is C23H23NO2. The predicted octanol–water partition coefficient (Wildman–Crippen LogP) is 5.10. The number of Topliss-reactive ketones (excluding diaryl/α,β-unsaturated/α-hetero) is 1. The van der Waals surface area contributed by atoms with E-state index in [0.29, 0.717) is 18.4 Å². The number of carbonyl (C=O) groups is 2. The largest absolute Gasteiger partial charge is 0.316 e. The molecule has 0 N–H and O–H groups in total. The SMILES string of the molecule is C[C@@H](CCC(=O)N(C)c1ccccc1)C(=O)c1ccc2ccccc2c1. The van der Waals surface area contributed by atoms with E-state index < -0.39 is 0 Å². The van der Waals surface area contributed by atoms with E-state index in [0.717, 1.165) is 16.5 Å². The van der Waals surface area contributed by atoms with E-state index in [-0.39, 0.29) is 17.6 Å². The number of hydrogen-bond donors (Lipinski definition) is 0. The van der Waals surface area contributed by atoms with Gasteiger partial charge in [0.25, 0.3) is 0 Å². The van der Waals surface area contributed by atoms with Crippen LogP contribution in [0.1, 0.15) is 30.1 Å². The Kier molecular flexibility index (Phi) is 5.47. The average molecular weight is 345 g/mol. The Hall–Kier alpha value is -2.94. The lowest BCUT2D eigenvalue weighted by Gasteiger charge is -2.18. The first-order valence-electron chi connectivity index (χ1n) is 8.91. The number of anilines is 1. The summed E-state index contributed by atoms with van der Waals surface area (Å²) in [5.74, 6) is -0.0791. The van der Waals surface area contributed by atoms with Crippen molar-refractivity contribution in [3.05, 3.63) is 78.4 Å². The molecule has 132 valence electrons. The minimum Gasteiger partial charge on any atom is -0.316 e. The Bertz CT molecular complexity index is 918. The van der Waals surface area contributed by atoms with Gasteiger partial charge in [-0.15, -0.1) is 0 Å². The third-order valence-electron chi connectivity index (χ3n) is 4.79. The zero-order valence-corrected chi connectivity index (χ0v) is 15.2. The number of carbonyl (C=O) groups excluding carboxylic acids is 2. The van der Waals surface area contributed by atoms with Crippen molar-refractivity contribution < 1.29 is 9.59 Å². The van der Waals surface area contributed by atoms with Gasteiger partial charge in [-0.1, -0.05) is 61.5 Å². The highest BCUT2D eigenvalue weighted by Gasteiger charge is 2.18. The van der Waals surface area contributed by atoms with Crippen molar-refractivity contribution in [1.82, 2.24) is 0 Å². The average Bonchev–Trinajstić information content (AvgIpc) is 2.70. The quantitative estimate of drug-likeness (QED) is 0.583. The molecule has 3 nitrogen and oxygen atoms in total. The molecule has 0 bridgehead atoms. The topological polar surface area (TPSA) is 37.4 Å². The van der Waals surface area contributed by atoms with E-state index >= 15 is 0 Å². The third-order valence-corrected chi connectivity index (χ3v) is 4.79. The maximum atomic E-state index is 12.7. The fraction of sp³-hybridized carbons (Fsp3) is 0.217. The maximum absolute atomic E-state index is 12.7. The molecule has 1 atom stereocenters. The second kappa shape index (κ2) is 7.96. The van der Waals surface area contributed by atoms with Crippen LogP contribution in [0.5, 0.6) is 0 Å². The minimum atomic E-state index is -0.190. The summed E-state index contributed by atoms with van der Waals surface area (Å²) in [5.41, 5.74) is 1.58. The highest BCUT2D eigenvalue weighted by molar-refractivity contribution is 6.01. The van der Waals surface area contributed by atoms with Crippen LogP contribution in [0, 0.1) is 5.92 Å². The number of hydrogen-bond acceptors (Lipinski definition) is 2. The van der Waals surface area contributed by atoms with Crippen molar-refractivity contribution in [3.8, 4) is 0 Å². The second-order valence-corrected chi connectivity index (χ2v) is 6.65. The van der Waals surface area contributed by atoms with E-state index in [9.17, 15) is 9.59 Å². The van der Waals surface area contributed by atoms with Crippen molar-refractivity contribution in [2.45, 2.75) is 19.8 Å². The number of para-hydroxylation sites is 1. The molecule has 3 aromatic carbocycles. The van der Waals surface area contributed by atoms with Gasteiger partial charge < -0.3 is 4.90 Å². The summed E-state index contributed by atoms with van der Waals surface area (Å²) in [6.07, 6.45) is 0.896. The molecule has 3 heteroatoms. The summed E-state index contributed by atoms with van der Waals surface area (Å²) < 4.78 is 0. The molecule has 0 aliphatic carbocycles. The van der Waals surface area contributed by atoms with E-state index in [4.69, 9.17) is 0 Å². The second-order valence-electron chi connectivity index (χ2n) is 6.65. The minimum absolute atomic E-state index is 0.0226. The van der Waals surface area contributed by atoms with Gasteiger partial charge in [0.05, 0.1) is 0 Å². The van der Waals surface area contributed by atoms with Crippen molar-refractivity contribution in [1.29, 1.82) is 0 Å². The summed E-state index contributed by atoms with van der Waals surface area (Å²) in [4.78, 5) is 26.8. The van der Waals surface area contributed by atoms with Gasteiger partial charge in [0.1, 0.15) is 0 Å². The third kappa shape index (κ3) is 3.99. The van der Waals surface area contributed by atoms with Gasteiger partial charge in [-0.3, -0.25) is 9.59 Å². The molecule has 0 aliphatic rings. The van der Waals surface area contributed by atoms with E-state index in [1.807, 2.05) is 79.7 Å². The van der Waals surface area contributed by atoms with Crippen LogP contribution < -0.4 is 4.90 Å². The van der Waals surface area contributed by atoms with Crippen molar-refractivity contribution in [2.75, 3.05) is 11.9 Å². The summed E-state index contributed by atoms with van der Waals surface area (Å²) in [6, 6.07) is 23.3. The maximum Gasteiger partial charge on any atom is 0.226 e. The molecule has 0 saturated heterocycles. The van der Waals surface area contributed by atoms with Crippen LogP contribution in [0.3, 0.4) is 0 Å². The summed E-state index contributed by atoms with van der Waals surface area (Å²) in [6.45, 7) is 1.90. The summed E-state index contributed by atoms with van der Waals surface area (Å²) in [5, 5.41) is 2.18.